The zero-order chi connectivity index (χ0) is 14.8. The average molecular weight is 330 g/mol. The largest absolute Gasteiger partial charge is 1.00 e. The van der Waals surface area contributed by atoms with Crippen LogP contribution in [-0.4, -0.2) is 57.7 Å². The van der Waals surface area contributed by atoms with Crippen LogP contribution in [0.5, 0.6) is 5.75 Å². The topological polar surface area (TPSA) is 102 Å². The molecule has 0 spiro atoms. The van der Waals surface area contributed by atoms with Gasteiger partial charge in [0, 0.05) is 0 Å². The summed E-state index contributed by atoms with van der Waals surface area (Å²) in [6.07, 6.45) is 0. The van der Waals surface area contributed by atoms with Crippen LogP contribution in [0.25, 0.3) is 0 Å². The van der Waals surface area contributed by atoms with Crippen LogP contribution in [0.2, 0.25) is 0 Å². The van der Waals surface area contributed by atoms with E-state index in [0.717, 1.165) is 0 Å². The van der Waals surface area contributed by atoms with Crippen LogP contribution in [-0.2, 0) is 19.6 Å². The summed E-state index contributed by atoms with van der Waals surface area (Å²) in [4.78, 5) is -0.179. The Balaban J connectivity index is 0. The minimum Gasteiger partial charge on any atom is -1.00 e. The number of aliphatic hydroxyl groups excluding tert-OH is 1. The summed E-state index contributed by atoms with van der Waals surface area (Å²) in [6.45, 7) is 1.77. The molecule has 0 saturated carbocycles. The molecule has 2 N–H and O–H groups in total. The number of aliphatic hydroxyl groups is 1. The maximum atomic E-state index is 10.8. The van der Waals surface area contributed by atoms with Gasteiger partial charge in [0.15, 0.2) is 0 Å². The van der Waals surface area contributed by atoms with Gasteiger partial charge < -0.3 is 20.7 Å². The van der Waals surface area contributed by atoms with Gasteiger partial charge in [-0.15, -0.1) is 0 Å². The van der Waals surface area contributed by atoms with E-state index in [2.05, 4.69) is 0 Å². The number of benzene rings is 1. The van der Waals surface area contributed by atoms with Crippen LogP contribution in [0.4, 0.5) is 0 Å². The van der Waals surface area contributed by atoms with Gasteiger partial charge in [0.2, 0.25) is 0 Å². The van der Waals surface area contributed by atoms with Gasteiger partial charge in [-0.3, -0.25) is 4.55 Å². The number of rotatable bonds is 10. The molecule has 0 aliphatic heterocycles. The molecule has 1 rings (SSSR count). The Bertz CT molecular complexity index is 481. The van der Waals surface area contributed by atoms with Crippen LogP contribution in [0, 0.1) is 0 Å². The normalized spacial score (nSPS) is 11.0. The van der Waals surface area contributed by atoms with Crippen molar-refractivity contribution in [2.45, 2.75) is 4.90 Å². The third-order valence-corrected chi connectivity index (χ3v) is 3.09. The first kappa shape index (κ1) is 20.8. The third-order valence-electron chi connectivity index (χ3n) is 2.23. The van der Waals surface area contributed by atoms with E-state index in [1.165, 1.54) is 24.3 Å². The first-order chi connectivity index (χ1) is 9.54. The summed E-state index contributed by atoms with van der Waals surface area (Å²) in [6, 6.07) is 5.42. The van der Waals surface area contributed by atoms with Crippen molar-refractivity contribution in [2.75, 3.05) is 39.6 Å². The fourth-order valence-corrected chi connectivity index (χ4v) is 1.79. The fourth-order valence-electron chi connectivity index (χ4n) is 1.31. The molecule has 0 saturated heterocycles. The van der Waals surface area contributed by atoms with Gasteiger partial charge in [-0.05, 0) is 24.3 Å². The molecule has 0 bridgehead atoms. The van der Waals surface area contributed by atoms with Crippen LogP contribution < -0.4 is 34.3 Å². The molecule has 7 nitrogen and oxygen atoms in total. The Morgan fingerprint density at radius 1 is 0.952 bits per heavy atom. The maximum absolute atomic E-state index is 10.8. The van der Waals surface area contributed by atoms with Gasteiger partial charge >= 0.3 is 29.6 Å². The van der Waals surface area contributed by atoms with Gasteiger partial charge in [-0.25, -0.2) is 0 Å². The van der Waals surface area contributed by atoms with E-state index in [0.29, 0.717) is 38.8 Å². The minimum absolute atomic E-state index is 0. The summed E-state index contributed by atoms with van der Waals surface area (Å²) in [5.74, 6) is 0.484. The molecule has 1 aromatic rings. The van der Waals surface area contributed by atoms with Crippen LogP contribution in [0.15, 0.2) is 29.2 Å². The fraction of sp³-hybridized carbons (Fsp3) is 0.500. The summed E-state index contributed by atoms with van der Waals surface area (Å²) < 4.78 is 46.0. The van der Waals surface area contributed by atoms with Crippen LogP contribution in [0.3, 0.4) is 0 Å². The van der Waals surface area contributed by atoms with Gasteiger partial charge in [0.25, 0.3) is 10.1 Å². The zero-order valence-corrected chi connectivity index (χ0v) is 14.7. The summed E-state index contributed by atoms with van der Waals surface area (Å²) in [7, 11) is -4.17. The van der Waals surface area contributed by atoms with Crippen molar-refractivity contribution in [3.63, 3.8) is 0 Å². The summed E-state index contributed by atoms with van der Waals surface area (Å²) >= 11 is 0. The second-order valence-corrected chi connectivity index (χ2v) is 5.16. The van der Waals surface area contributed by atoms with E-state index in [9.17, 15) is 8.42 Å². The predicted octanol–water partition coefficient (Wildman–Crippen LogP) is -2.55. The number of ether oxygens (including phenoxy) is 3. The Morgan fingerprint density at radius 2 is 1.48 bits per heavy atom. The van der Waals surface area contributed by atoms with E-state index < -0.39 is 10.1 Å². The maximum Gasteiger partial charge on any atom is 1.00 e. The van der Waals surface area contributed by atoms with Crippen molar-refractivity contribution in [3.8, 4) is 5.75 Å². The molecule has 0 amide bonds. The average Bonchev–Trinajstić information content (AvgIpc) is 2.41. The molecule has 0 aromatic heterocycles. The van der Waals surface area contributed by atoms with Crippen molar-refractivity contribution in [3.05, 3.63) is 24.3 Å². The van der Waals surface area contributed by atoms with Crippen molar-refractivity contribution in [1.29, 1.82) is 0 Å². The van der Waals surface area contributed by atoms with Gasteiger partial charge in [-0.1, -0.05) is 0 Å². The molecule has 0 radical (unpaired) electrons. The van der Waals surface area contributed by atoms with Crippen molar-refractivity contribution in [1.82, 2.24) is 0 Å². The predicted molar refractivity (Wildman–Crippen MR) is 71.6 cm³/mol. The molecular weight excluding hydrogens is 311 g/mol. The molecule has 9 heteroatoms. The summed E-state index contributed by atoms with van der Waals surface area (Å²) in [5, 5.41) is 8.46. The zero-order valence-electron chi connectivity index (χ0n) is 12.9. The molecule has 0 aliphatic carbocycles. The van der Waals surface area contributed by atoms with Gasteiger partial charge in [-0.2, -0.15) is 8.42 Å². The van der Waals surface area contributed by atoms with Crippen molar-refractivity contribution < 1.29 is 63.3 Å². The molecule has 0 heterocycles. The Hall–Kier alpha value is -0.190. The third kappa shape index (κ3) is 9.43. The van der Waals surface area contributed by atoms with E-state index in [1.54, 1.807) is 0 Å². The quantitative estimate of drug-likeness (QED) is 0.277. The molecule has 116 valence electrons. The number of hydrogen-bond donors (Lipinski definition) is 2. The Morgan fingerprint density at radius 3 is 2.00 bits per heavy atom. The van der Waals surface area contributed by atoms with Gasteiger partial charge in [0.1, 0.15) is 12.4 Å². The molecule has 0 aliphatic rings. The second kappa shape index (κ2) is 11.4. The molecule has 0 fully saturated rings. The molecule has 0 unspecified atom stereocenters. The Labute approximate surface area is 147 Å². The van der Waals surface area contributed by atoms with E-state index in [4.69, 9.17) is 23.9 Å². The molecule has 1 aromatic carbocycles. The standard InChI is InChI=1S/C12H18O7S.Na.H/c13-5-6-17-7-8-18-9-10-19-11-1-3-12(4-2-11)20(14,15)16;;/h1-4,13H,5-10H2,(H,14,15,16);;/q;+1;-1. The first-order valence-electron chi connectivity index (χ1n) is 6.01. The Kier molecular flexibility index (Phi) is 11.3. The SMILES string of the molecule is O=S(=O)(O)c1ccc(OCCOCCOCCO)cc1.[H-].[Na+]. The van der Waals surface area contributed by atoms with E-state index in [1.807, 2.05) is 0 Å². The second-order valence-electron chi connectivity index (χ2n) is 3.74. The summed E-state index contributed by atoms with van der Waals surface area (Å²) in [5.41, 5.74) is 0. The minimum atomic E-state index is -4.17. The molecule has 0 atom stereocenters. The molecular formula is C12H19NaO7S. The molecule has 21 heavy (non-hydrogen) atoms. The van der Waals surface area contributed by atoms with Crippen LogP contribution in [0.1, 0.15) is 1.43 Å². The van der Waals surface area contributed by atoms with Crippen molar-refractivity contribution in [2.24, 2.45) is 0 Å². The monoisotopic (exact) mass is 330 g/mol. The first-order valence-corrected chi connectivity index (χ1v) is 7.45. The smallest absolute Gasteiger partial charge is 1.00 e. The van der Waals surface area contributed by atoms with E-state index >= 15 is 0 Å². The van der Waals surface area contributed by atoms with Crippen molar-refractivity contribution >= 4 is 10.1 Å². The van der Waals surface area contributed by atoms with E-state index in [-0.39, 0.29) is 42.5 Å². The number of hydrogen-bond acceptors (Lipinski definition) is 6. The van der Waals surface area contributed by atoms with Gasteiger partial charge in [0.05, 0.1) is 37.9 Å². The van der Waals surface area contributed by atoms with Crippen LogP contribution >= 0.6 is 0 Å².